The van der Waals surface area contributed by atoms with Crippen molar-refractivity contribution in [2.24, 2.45) is 5.16 Å². The smallest absolute Gasteiger partial charge is 0.352 e. The molecule has 1 saturated heterocycles. The molecule has 0 aromatic carbocycles. The van der Waals surface area contributed by atoms with Gasteiger partial charge in [-0.25, -0.2) is 9.59 Å². The minimum atomic E-state index is -1.26. The summed E-state index contributed by atoms with van der Waals surface area (Å²) < 4.78 is 10.4. The molecule has 3 N–H and O–H groups in total. The van der Waals surface area contributed by atoms with Gasteiger partial charge in [0.05, 0.1) is 6.26 Å². The lowest BCUT2D eigenvalue weighted by molar-refractivity contribution is -0.160. The molecule has 4 heterocycles. The predicted molar refractivity (Wildman–Crippen MR) is 136 cm³/mol. The van der Waals surface area contributed by atoms with E-state index in [0.717, 1.165) is 4.90 Å². The standard InChI is InChI=1S/C22H25N7O8S2/c1-10(39-21-24-27-28-25-21)11-9-38-19-15(18(32)29(19)16(11)20(33)34)23-17(31)14(12-6-5-7-35-12)26-36-8-13(30)37-22(2,3)4/h5-7,10,15,19H,8-9H2,1-4H3,(H,23,31)(H,33,34)(H,24,25,27,28)/t10?,15-,19-/m1/s1. The molecule has 2 aromatic heterocycles. The molecule has 3 atom stereocenters. The van der Waals surface area contributed by atoms with Gasteiger partial charge in [0.1, 0.15) is 22.7 Å². The van der Waals surface area contributed by atoms with Crippen molar-refractivity contribution in [3.63, 3.8) is 0 Å². The molecule has 17 heteroatoms. The van der Waals surface area contributed by atoms with Crippen LogP contribution >= 0.6 is 23.5 Å². The first-order valence-corrected chi connectivity index (χ1v) is 13.5. The second kappa shape index (κ2) is 11.5. The summed E-state index contributed by atoms with van der Waals surface area (Å²) >= 11 is 2.51. The summed E-state index contributed by atoms with van der Waals surface area (Å²) in [5.41, 5.74) is -0.662. The maximum atomic E-state index is 13.1. The Morgan fingerprint density at radius 3 is 2.79 bits per heavy atom. The van der Waals surface area contributed by atoms with Crippen molar-refractivity contribution in [3.05, 3.63) is 35.4 Å². The van der Waals surface area contributed by atoms with Crippen LogP contribution in [0, 0.1) is 0 Å². The van der Waals surface area contributed by atoms with Crippen molar-refractivity contribution in [2.75, 3.05) is 12.4 Å². The van der Waals surface area contributed by atoms with Crippen molar-refractivity contribution in [3.8, 4) is 0 Å². The number of amides is 2. The molecule has 2 amide bonds. The number of aromatic amines is 1. The van der Waals surface area contributed by atoms with Crippen LogP contribution in [0.4, 0.5) is 0 Å². The van der Waals surface area contributed by atoms with Gasteiger partial charge in [-0.2, -0.15) is 5.21 Å². The summed E-state index contributed by atoms with van der Waals surface area (Å²) in [5, 5.41) is 29.1. The van der Waals surface area contributed by atoms with Gasteiger partial charge in [-0.15, -0.1) is 22.0 Å². The number of thioether (sulfide) groups is 2. The van der Waals surface area contributed by atoms with Crippen molar-refractivity contribution >= 4 is 53.0 Å². The zero-order valence-corrected chi connectivity index (χ0v) is 22.9. The molecular formula is C22H25N7O8S2. The van der Waals surface area contributed by atoms with Crippen LogP contribution in [0.2, 0.25) is 0 Å². The van der Waals surface area contributed by atoms with Gasteiger partial charge in [-0.05, 0) is 50.6 Å². The van der Waals surface area contributed by atoms with Crippen LogP contribution in [0.1, 0.15) is 33.5 Å². The first-order chi connectivity index (χ1) is 18.5. The third-order valence-electron chi connectivity index (χ3n) is 5.31. The van der Waals surface area contributed by atoms with Gasteiger partial charge in [-0.3, -0.25) is 14.5 Å². The number of fused-ring (bicyclic) bond motifs is 1. The quantitative estimate of drug-likeness (QED) is 0.117. The van der Waals surface area contributed by atoms with Crippen LogP contribution in [-0.4, -0.2) is 94.7 Å². The average Bonchev–Trinajstić information content (AvgIpc) is 3.57. The Morgan fingerprint density at radius 2 is 2.18 bits per heavy atom. The fourth-order valence-corrected chi connectivity index (χ4v) is 6.14. The number of nitrogens with zero attached hydrogens (tertiary/aromatic N) is 5. The normalized spacial score (nSPS) is 20.2. The summed E-state index contributed by atoms with van der Waals surface area (Å²) in [5.74, 6) is -3.02. The minimum Gasteiger partial charge on any atom is -0.477 e. The first-order valence-electron chi connectivity index (χ1n) is 11.5. The molecule has 2 aromatic rings. The summed E-state index contributed by atoms with van der Waals surface area (Å²) in [7, 11) is 0. The lowest BCUT2D eigenvalue weighted by atomic mass is 10.0. The molecule has 39 heavy (non-hydrogen) atoms. The molecule has 0 spiro atoms. The van der Waals surface area contributed by atoms with Crippen LogP contribution in [-0.2, 0) is 28.8 Å². The van der Waals surface area contributed by atoms with E-state index in [4.69, 9.17) is 14.0 Å². The first kappa shape index (κ1) is 28.2. The van der Waals surface area contributed by atoms with Crippen molar-refractivity contribution in [1.29, 1.82) is 0 Å². The van der Waals surface area contributed by atoms with Gasteiger partial charge < -0.3 is 24.4 Å². The Bertz CT molecular complexity index is 1300. The van der Waals surface area contributed by atoms with Gasteiger partial charge in [-0.1, -0.05) is 16.9 Å². The van der Waals surface area contributed by atoms with Crippen LogP contribution in [0.25, 0.3) is 0 Å². The van der Waals surface area contributed by atoms with Crippen molar-refractivity contribution in [2.45, 2.75) is 55.1 Å². The van der Waals surface area contributed by atoms with E-state index in [-0.39, 0.29) is 22.4 Å². The fraction of sp³-hybridized carbons (Fsp3) is 0.455. The number of hydrogen-bond donors (Lipinski definition) is 3. The van der Waals surface area contributed by atoms with E-state index in [1.165, 1.54) is 41.9 Å². The molecule has 0 radical (unpaired) electrons. The summed E-state index contributed by atoms with van der Waals surface area (Å²) in [4.78, 5) is 56.5. The van der Waals surface area contributed by atoms with Crippen LogP contribution in [0.15, 0.2) is 44.4 Å². The Balaban J connectivity index is 1.47. The number of oxime groups is 1. The molecule has 0 aliphatic carbocycles. The second-order valence-electron chi connectivity index (χ2n) is 9.27. The SMILES string of the molecule is CC(Sc1nn[nH]n1)C1=C(C(=O)O)N2C(=O)[C@@H](NC(=O)C(=NOCC(=O)OC(C)(C)C)c3ccco3)[C@H]2SC1. The highest BCUT2D eigenvalue weighted by molar-refractivity contribution is 8.01. The number of β-lactam (4-membered cyclic amide) rings is 1. The van der Waals surface area contributed by atoms with E-state index in [0.29, 0.717) is 16.5 Å². The topological polar surface area (TPSA) is 202 Å². The highest BCUT2D eigenvalue weighted by Gasteiger charge is 2.55. The summed E-state index contributed by atoms with van der Waals surface area (Å²) in [6, 6.07) is 1.96. The van der Waals surface area contributed by atoms with Gasteiger partial charge in [0.15, 0.2) is 5.76 Å². The van der Waals surface area contributed by atoms with Crippen molar-refractivity contribution < 1.29 is 38.3 Å². The number of hydrogen-bond acceptors (Lipinski definition) is 13. The van der Waals surface area contributed by atoms with E-state index < -0.39 is 47.4 Å². The number of aromatic nitrogens is 4. The monoisotopic (exact) mass is 579 g/mol. The van der Waals surface area contributed by atoms with E-state index >= 15 is 0 Å². The molecule has 1 unspecified atom stereocenters. The Labute approximate surface area is 230 Å². The number of nitrogens with one attached hydrogen (secondary N) is 2. The number of rotatable bonds is 10. The third kappa shape index (κ3) is 6.42. The summed E-state index contributed by atoms with van der Waals surface area (Å²) in [6.07, 6.45) is 1.32. The number of H-pyrrole nitrogens is 1. The molecule has 1 fully saturated rings. The van der Waals surface area contributed by atoms with E-state index in [2.05, 4.69) is 31.1 Å². The van der Waals surface area contributed by atoms with Crippen LogP contribution in [0.3, 0.4) is 0 Å². The van der Waals surface area contributed by atoms with Crippen LogP contribution < -0.4 is 5.32 Å². The number of ether oxygens (including phenoxy) is 1. The highest BCUT2D eigenvalue weighted by atomic mass is 32.2. The maximum Gasteiger partial charge on any atom is 0.352 e. The molecule has 2 aliphatic rings. The predicted octanol–water partition coefficient (Wildman–Crippen LogP) is 0.775. The zero-order chi connectivity index (χ0) is 28.3. The molecular weight excluding hydrogens is 554 g/mol. The van der Waals surface area contributed by atoms with Gasteiger partial charge in [0, 0.05) is 11.0 Å². The molecule has 15 nitrogen and oxygen atoms in total. The molecule has 0 saturated carbocycles. The van der Waals surface area contributed by atoms with E-state index in [1.54, 1.807) is 27.7 Å². The van der Waals surface area contributed by atoms with E-state index in [1.807, 2.05) is 0 Å². The molecule has 0 bridgehead atoms. The van der Waals surface area contributed by atoms with Gasteiger partial charge >= 0.3 is 11.9 Å². The van der Waals surface area contributed by atoms with Gasteiger partial charge in [0.2, 0.25) is 17.5 Å². The lowest BCUT2D eigenvalue weighted by Gasteiger charge is -2.49. The zero-order valence-electron chi connectivity index (χ0n) is 21.2. The Morgan fingerprint density at radius 1 is 1.41 bits per heavy atom. The molecule has 208 valence electrons. The fourth-order valence-electron chi connectivity index (χ4n) is 3.73. The number of tetrazole rings is 1. The lowest BCUT2D eigenvalue weighted by Crippen LogP contribution is -2.71. The minimum absolute atomic E-state index is 0.0392. The number of furan rings is 1. The Hall–Kier alpha value is -3.86. The molecule has 2 aliphatic heterocycles. The Kier molecular flexibility index (Phi) is 8.29. The number of carbonyl (C=O) groups excluding carboxylic acids is 3. The van der Waals surface area contributed by atoms with Gasteiger partial charge in [0.25, 0.3) is 11.8 Å². The molecule has 4 rings (SSSR count). The number of carboxylic acid groups (broad SMARTS) is 1. The second-order valence-corrected chi connectivity index (χ2v) is 11.7. The van der Waals surface area contributed by atoms with Crippen molar-refractivity contribution in [1.82, 2.24) is 30.8 Å². The van der Waals surface area contributed by atoms with E-state index in [9.17, 15) is 24.3 Å². The third-order valence-corrected chi connectivity index (χ3v) is 7.64. The average molecular weight is 580 g/mol. The largest absolute Gasteiger partial charge is 0.477 e. The number of aliphatic carboxylic acids is 1. The highest BCUT2D eigenvalue weighted by Crippen LogP contribution is 2.43. The van der Waals surface area contributed by atoms with Crippen LogP contribution in [0.5, 0.6) is 0 Å². The summed E-state index contributed by atoms with van der Waals surface area (Å²) in [6.45, 7) is 6.31. The number of carbonyl (C=O) groups is 4. The number of carboxylic acids is 1. The number of esters is 1. The maximum absolute atomic E-state index is 13.1.